The molecule has 28 heavy (non-hydrogen) atoms. The van der Waals surface area contributed by atoms with Gasteiger partial charge in [0.2, 0.25) is 5.91 Å². The minimum atomic E-state index is -0.701. The molecule has 0 aliphatic carbocycles. The average molecular weight is 385 g/mol. The van der Waals surface area contributed by atoms with Crippen molar-refractivity contribution in [1.82, 2.24) is 15.6 Å². The zero-order valence-corrected chi connectivity index (χ0v) is 16.8. The molecule has 0 saturated carbocycles. The van der Waals surface area contributed by atoms with Crippen molar-refractivity contribution in [2.75, 3.05) is 13.2 Å². The molecule has 0 bridgehead atoms. The summed E-state index contributed by atoms with van der Waals surface area (Å²) in [6.45, 7) is 7.37. The Balaban J connectivity index is 2.06. The van der Waals surface area contributed by atoms with Crippen molar-refractivity contribution in [3.8, 4) is 0 Å². The monoisotopic (exact) mass is 385 g/mol. The van der Waals surface area contributed by atoms with Crippen LogP contribution in [0.5, 0.6) is 0 Å². The number of esters is 1. The van der Waals surface area contributed by atoms with Gasteiger partial charge in [-0.1, -0.05) is 32.0 Å². The van der Waals surface area contributed by atoms with Crippen LogP contribution in [0.2, 0.25) is 0 Å². The number of nitrogens with one attached hydrogen (secondary N) is 2. The normalized spacial score (nSPS) is 11.7. The van der Waals surface area contributed by atoms with E-state index in [0.717, 1.165) is 22.9 Å². The number of rotatable bonds is 8. The lowest BCUT2D eigenvalue weighted by Gasteiger charge is -2.15. The lowest BCUT2D eigenvalue weighted by Crippen LogP contribution is -2.46. The Kier molecular flexibility index (Phi) is 7.49. The van der Waals surface area contributed by atoms with Crippen LogP contribution in [-0.2, 0) is 20.7 Å². The van der Waals surface area contributed by atoms with E-state index in [2.05, 4.69) is 15.6 Å². The molecule has 0 aliphatic rings. The van der Waals surface area contributed by atoms with Gasteiger partial charge in [-0.3, -0.25) is 14.6 Å². The molecule has 1 heterocycles. The van der Waals surface area contributed by atoms with Gasteiger partial charge in [-0.2, -0.15) is 0 Å². The highest BCUT2D eigenvalue weighted by Crippen LogP contribution is 2.24. The van der Waals surface area contributed by atoms with Crippen molar-refractivity contribution in [3.63, 3.8) is 0 Å². The summed E-state index contributed by atoms with van der Waals surface area (Å²) in [6, 6.07) is 6.88. The fraction of sp³-hybridized carbons (Fsp3) is 0.429. The van der Waals surface area contributed by atoms with Crippen LogP contribution in [0.4, 0.5) is 0 Å². The van der Waals surface area contributed by atoms with E-state index in [1.807, 2.05) is 45.0 Å². The highest BCUT2D eigenvalue weighted by Gasteiger charge is 2.21. The number of amides is 2. The van der Waals surface area contributed by atoms with Gasteiger partial charge in [0.15, 0.2) is 6.61 Å². The first-order valence-corrected chi connectivity index (χ1v) is 9.51. The van der Waals surface area contributed by atoms with Gasteiger partial charge >= 0.3 is 5.97 Å². The molecule has 2 aromatic rings. The second kappa shape index (κ2) is 9.82. The van der Waals surface area contributed by atoms with Crippen molar-refractivity contribution in [2.24, 2.45) is 0 Å². The lowest BCUT2D eigenvalue weighted by atomic mass is 10.0. The minimum absolute atomic E-state index is 0.274. The molecule has 1 aromatic heterocycles. The van der Waals surface area contributed by atoms with Gasteiger partial charge in [-0.05, 0) is 38.3 Å². The molecule has 0 saturated heterocycles. The molecule has 0 unspecified atom stereocenters. The molecule has 1 aromatic carbocycles. The van der Waals surface area contributed by atoms with Crippen molar-refractivity contribution >= 4 is 28.7 Å². The predicted octanol–water partition coefficient (Wildman–Crippen LogP) is 2.29. The van der Waals surface area contributed by atoms with E-state index < -0.39 is 24.5 Å². The third-order valence-electron chi connectivity index (χ3n) is 4.42. The minimum Gasteiger partial charge on any atom is -0.452 e. The van der Waals surface area contributed by atoms with Crippen LogP contribution in [0.1, 0.15) is 48.8 Å². The van der Waals surface area contributed by atoms with E-state index in [-0.39, 0.29) is 5.91 Å². The summed E-state index contributed by atoms with van der Waals surface area (Å²) in [5.74, 6) is -1.40. The Labute approximate surface area is 164 Å². The van der Waals surface area contributed by atoms with E-state index in [1.54, 1.807) is 6.92 Å². The number of para-hydroxylation sites is 1. The number of nitrogens with zero attached hydrogens (tertiary/aromatic N) is 1. The van der Waals surface area contributed by atoms with Crippen molar-refractivity contribution in [3.05, 3.63) is 41.1 Å². The molecular formula is C21H27N3O4. The van der Waals surface area contributed by atoms with Gasteiger partial charge in [0.25, 0.3) is 5.91 Å². The molecule has 2 N–H and O–H groups in total. The largest absolute Gasteiger partial charge is 0.452 e. The van der Waals surface area contributed by atoms with Gasteiger partial charge in [0, 0.05) is 11.9 Å². The molecule has 1 atom stereocenters. The Morgan fingerprint density at radius 2 is 1.89 bits per heavy atom. The highest BCUT2D eigenvalue weighted by atomic mass is 16.5. The second-order valence-electron chi connectivity index (χ2n) is 6.59. The molecule has 7 nitrogen and oxygen atoms in total. The first kappa shape index (κ1) is 21.3. The second-order valence-corrected chi connectivity index (χ2v) is 6.59. The number of hydrogen-bond donors (Lipinski definition) is 2. The predicted molar refractivity (Wildman–Crippen MR) is 107 cm³/mol. The number of ether oxygens (including phenoxy) is 1. The molecule has 0 spiro atoms. The summed E-state index contributed by atoms with van der Waals surface area (Å²) < 4.78 is 5.20. The number of aryl methyl sites for hydroxylation is 2. The molecule has 0 radical (unpaired) electrons. The third-order valence-corrected chi connectivity index (χ3v) is 4.42. The summed E-state index contributed by atoms with van der Waals surface area (Å²) >= 11 is 0. The molecule has 150 valence electrons. The molecular weight excluding hydrogens is 358 g/mol. The van der Waals surface area contributed by atoms with Crippen molar-refractivity contribution in [2.45, 2.75) is 46.6 Å². The molecule has 7 heteroatoms. The van der Waals surface area contributed by atoms with E-state index in [4.69, 9.17) is 4.74 Å². The van der Waals surface area contributed by atoms with Crippen molar-refractivity contribution in [1.29, 1.82) is 0 Å². The van der Waals surface area contributed by atoms with Gasteiger partial charge in [0.05, 0.1) is 16.8 Å². The number of aromatic nitrogens is 1. The fourth-order valence-corrected chi connectivity index (χ4v) is 2.92. The van der Waals surface area contributed by atoms with Gasteiger partial charge in [0.1, 0.15) is 6.04 Å². The van der Waals surface area contributed by atoms with Crippen LogP contribution in [0, 0.1) is 6.92 Å². The topological polar surface area (TPSA) is 97.4 Å². The lowest BCUT2D eigenvalue weighted by molar-refractivity contribution is -0.130. The first-order valence-electron chi connectivity index (χ1n) is 9.51. The maximum atomic E-state index is 12.6. The molecule has 0 fully saturated rings. The number of hydrogen-bond acceptors (Lipinski definition) is 5. The molecule has 2 amide bonds. The number of benzene rings is 1. The summed E-state index contributed by atoms with van der Waals surface area (Å²) in [5, 5.41) is 6.09. The number of fused-ring (bicyclic) bond motifs is 1. The van der Waals surface area contributed by atoms with E-state index in [1.165, 1.54) is 0 Å². The van der Waals surface area contributed by atoms with Crippen LogP contribution in [0.15, 0.2) is 24.3 Å². The standard InChI is InChI=1S/C21H27N3O4/c1-5-11-22-20(26)14(4)23-18(25)12-28-21(27)19-13(3)15-9-7-8-10-17(15)24-16(19)6-2/h7-10,14H,5-6,11-12H2,1-4H3,(H,22,26)(H,23,25)/t14-/m1/s1. The van der Waals surface area contributed by atoms with E-state index in [0.29, 0.717) is 24.2 Å². The smallest absolute Gasteiger partial charge is 0.340 e. The maximum absolute atomic E-state index is 12.6. The average Bonchev–Trinajstić information content (AvgIpc) is 2.69. The first-order chi connectivity index (χ1) is 13.4. The highest BCUT2D eigenvalue weighted by molar-refractivity contribution is 5.99. The zero-order chi connectivity index (χ0) is 20.7. The number of pyridine rings is 1. The summed E-state index contributed by atoms with van der Waals surface area (Å²) in [4.78, 5) is 41.0. The fourth-order valence-electron chi connectivity index (χ4n) is 2.92. The Morgan fingerprint density at radius 3 is 2.57 bits per heavy atom. The van der Waals surface area contributed by atoms with Gasteiger partial charge in [-0.25, -0.2) is 4.79 Å². The van der Waals surface area contributed by atoms with Crippen LogP contribution >= 0.6 is 0 Å². The summed E-state index contributed by atoms with van der Waals surface area (Å²) in [7, 11) is 0. The molecule has 0 aliphatic heterocycles. The van der Waals surface area contributed by atoms with Crippen LogP contribution in [0.3, 0.4) is 0 Å². The Morgan fingerprint density at radius 1 is 1.18 bits per heavy atom. The molecule has 2 rings (SSSR count). The number of carbonyl (C=O) groups is 3. The van der Waals surface area contributed by atoms with E-state index >= 15 is 0 Å². The SMILES string of the molecule is CCCNC(=O)[C@@H](C)NC(=O)COC(=O)c1c(CC)nc2ccccc2c1C. The Bertz CT molecular complexity index is 879. The van der Waals surface area contributed by atoms with Crippen LogP contribution < -0.4 is 10.6 Å². The maximum Gasteiger partial charge on any atom is 0.340 e. The van der Waals surface area contributed by atoms with Crippen molar-refractivity contribution < 1.29 is 19.1 Å². The summed E-state index contributed by atoms with van der Waals surface area (Å²) in [6.07, 6.45) is 1.37. The van der Waals surface area contributed by atoms with Crippen LogP contribution in [0.25, 0.3) is 10.9 Å². The van der Waals surface area contributed by atoms with Gasteiger partial charge < -0.3 is 15.4 Å². The zero-order valence-electron chi connectivity index (χ0n) is 16.8. The van der Waals surface area contributed by atoms with Gasteiger partial charge in [-0.15, -0.1) is 0 Å². The number of carbonyl (C=O) groups excluding carboxylic acids is 3. The summed E-state index contributed by atoms with van der Waals surface area (Å²) in [5.41, 5.74) is 2.62. The quantitative estimate of drug-likeness (QED) is 0.680. The van der Waals surface area contributed by atoms with Crippen LogP contribution in [-0.4, -0.2) is 42.0 Å². The Hall–Kier alpha value is -2.96. The third kappa shape index (κ3) is 5.06. The van der Waals surface area contributed by atoms with E-state index in [9.17, 15) is 14.4 Å².